The second-order valence-electron chi connectivity index (χ2n) is 6.80. The first-order chi connectivity index (χ1) is 14.9. The van der Waals surface area contributed by atoms with Gasteiger partial charge in [0.2, 0.25) is 11.1 Å². The first-order valence-corrected chi connectivity index (χ1v) is 11.6. The normalized spacial score (nSPS) is 21.4. The predicted octanol–water partition coefficient (Wildman–Crippen LogP) is 1.02. The van der Waals surface area contributed by atoms with E-state index in [9.17, 15) is 19.5 Å². The molecular weight excluding hydrogens is 464 g/mol. The Kier molecular flexibility index (Phi) is 6.21. The molecule has 0 unspecified atom stereocenters. The number of carboxylic acids is 1. The Morgan fingerprint density at radius 1 is 1.39 bits per heavy atom. The van der Waals surface area contributed by atoms with Crippen LogP contribution in [0.15, 0.2) is 46.8 Å². The third-order valence-electron chi connectivity index (χ3n) is 4.83. The Hall–Kier alpha value is -2.57. The van der Waals surface area contributed by atoms with Crippen molar-refractivity contribution >= 4 is 52.9 Å². The number of nitrogens with one attached hydrogen (secondary N) is 1. The fraction of sp³-hybridized carbons (Fsp3) is 0.333. The molecule has 1 saturated heterocycles. The molecule has 1 aromatic heterocycles. The predicted molar refractivity (Wildman–Crippen MR) is 114 cm³/mol. The van der Waals surface area contributed by atoms with Crippen LogP contribution in [0, 0.1) is 0 Å². The fourth-order valence-electron chi connectivity index (χ4n) is 3.29. The van der Waals surface area contributed by atoms with Crippen molar-refractivity contribution in [2.45, 2.75) is 21.9 Å². The lowest BCUT2D eigenvalue weighted by molar-refractivity contribution is -0.150. The number of carbonyl (C=O) groups is 3. The molecule has 2 amide bonds. The highest BCUT2D eigenvalue weighted by atomic mass is 35.5. The van der Waals surface area contributed by atoms with Crippen LogP contribution in [-0.4, -0.2) is 70.9 Å². The van der Waals surface area contributed by atoms with Gasteiger partial charge in [0.25, 0.3) is 5.91 Å². The standard InChI is InChI=1S/C18H17ClN6O4S2/c1-24-18(21-22-23-24)31-8-10-7-30-16-12(15(27)25(16)13(10)17(28)29)20-14(26)11(19)9-5-3-2-4-6-9/h2-6,11-12,16H,7-8H2,1H3,(H,20,26)(H,28,29)/t11-,12-,16-/m1/s1. The molecule has 2 N–H and O–H groups in total. The van der Waals surface area contributed by atoms with Crippen LogP contribution in [0.1, 0.15) is 10.9 Å². The molecule has 10 nitrogen and oxygen atoms in total. The minimum atomic E-state index is -1.19. The number of rotatable bonds is 7. The van der Waals surface area contributed by atoms with Gasteiger partial charge in [0.1, 0.15) is 22.5 Å². The Bertz CT molecular complexity index is 1060. The first-order valence-electron chi connectivity index (χ1n) is 9.13. The molecule has 1 fully saturated rings. The van der Waals surface area contributed by atoms with E-state index in [0.29, 0.717) is 27.8 Å². The molecule has 2 aromatic rings. The lowest BCUT2D eigenvalue weighted by atomic mass is 10.0. The Morgan fingerprint density at radius 3 is 2.77 bits per heavy atom. The van der Waals surface area contributed by atoms with Crippen LogP contribution in [0.4, 0.5) is 0 Å². The molecule has 3 heterocycles. The number of aromatic nitrogens is 4. The SMILES string of the molecule is Cn1nnnc1SCC1=C(C(=O)O)N2C(=O)[C@@H](NC(=O)[C@H](Cl)c3ccccc3)[C@H]2SC1. The average molecular weight is 481 g/mol. The van der Waals surface area contributed by atoms with Crippen molar-refractivity contribution in [1.82, 2.24) is 30.4 Å². The second-order valence-corrected chi connectivity index (χ2v) is 9.28. The summed E-state index contributed by atoms with van der Waals surface area (Å²) in [6, 6.07) is 7.98. The third-order valence-corrected chi connectivity index (χ3v) is 7.71. The molecule has 2 aliphatic heterocycles. The number of benzene rings is 1. The number of aliphatic carboxylic acids is 1. The molecule has 1 aromatic carbocycles. The highest BCUT2D eigenvalue weighted by Crippen LogP contribution is 2.41. The summed E-state index contributed by atoms with van der Waals surface area (Å²) in [4.78, 5) is 38.4. The molecule has 0 radical (unpaired) electrons. The van der Waals surface area contributed by atoms with Gasteiger partial charge in [-0.2, -0.15) is 0 Å². The van der Waals surface area contributed by atoms with Gasteiger partial charge in [-0.05, 0) is 21.6 Å². The number of fused-ring (bicyclic) bond motifs is 1. The van der Waals surface area contributed by atoms with Crippen molar-refractivity contribution in [3.05, 3.63) is 47.2 Å². The summed E-state index contributed by atoms with van der Waals surface area (Å²) >= 11 is 8.93. The topological polar surface area (TPSA) is 130 Å². The van der Waals surface area contributed by atoms with Crippen LogP contribution < -0.4 is 5.32 Å². The highest BCUT2D eigenvalue weighted by molar-refractivity contribution is 8.01. The largest absolute Gasteiger partial charge is 0.477 e. The number of halogens is 1. The Balaban J connectivity index is 1.46. The van der Waals surface area contributed by atoms with Crippen LogP contribution >= 0.6 is 35.1 Å². The lowest BCUT2D eigenvalue weighted by Gasteiger charge is -2.49. The van der Waals surface area contributed by atoms with Gasteiger partial charge < -0.3 is 10.4 Å². The molecule has 13 heteroatoms. The molecule has 162 valence electrons. The highest BCUT2D eigenvalue weighted by Gasteiger charge is 2.54. The Morgan fingerprint density at radius 2 is 2.13 bits per heavy atom. The van der Waals surface area contributed by atoms with Gasteiger partial charge in [0.15, 0.2) is 0 Å². The summed E-state index contributed by atoms with van der Waals surface area (Å²) in [6.07, 6.45) is 0. The zero-order valence-electron chi connectivity index (χ0n) is 16.1. The van der Waals surface area contributed by atoms with E-state index in [1.807, 2.05) is 6.07 Å². The number of nitrogens with zero attached hydrogens (tertiary/aromatic N) is 5. The van der Waals surface area contributed by atoms with E-state index in [1.165, 1.54) is 33.1 Å². The molecule has 0 bridgehead atoms. The van der Waals surface area contributed by atoms with Crippen molar-refractivity contribution in [1.29, 1.82) is 0 Å². The summed E-state index contributed by atoms with van der Waals surface area (Å²) in [5.74, 6) is -1.42. The minimum Gasteiger partial charge on any atom is -0.477 e. The van der Waals surface area contributed by atoms with Crippen LogP contribution in [-0.2, 0) is 21.4 Å². The molecular formula is C18H17ClN6O4S2. The lowest BCUT2D eigenvalue weighted by Crippen LogP contribution is -2.70. The number of hydrogen-bond acceptors (Lipinski definition) is 8. The maximum Gasteiger partial charge on any atom is 0.352 e. The molecule has 0 aliphatic carbocycles. The number of hydrogen-bond donors (Lipinski definition) is 2. The van der Waals surface area contributed by atoms with E-state index < -0.39 is 34.6 Å². The number of thioether (sulfide) groups is 2. The molecule has 0 spiro atoms. The van der Waals surface area contributed by atoms with Gasteiger partial charge in [0, 0.05) is 18.6 Å². The van der Waals surface area contributed by atoms with Crippen molar-refractivity contribution in [2.75, 3.05) is 11.5 Å². The van der Waals surface area contributed by atoms with Crippen molar-refractivity contribution in [3.63, 3.8) is 0 Å². The number of carbonyl (C=O) groups excluding carboxylic acids is 2. The quantitative estimate of drug-likeness (QED) is 0.338. The van der Waals surface area contributed by atoms with Gasteiger partial charge >= 0.3 is 5.97 Å². The third kappa shape index (κ3) is 4.14. The molecule has 31 heavy (non-hydrogen) atoms. The summed E-state index contributed by atoms with van der Waals surface area (Å²) in [7, 11) is 1.69. The van der Waals surface area contributed by atoms with E-state index >= 15 is 0 Å². The van der Waals surface area contributed by atoms with Gasteiger partial charge in [0.05, 0.1) is 0 Å². The molecule has 3 atom stereocenters. The van der Waals surface area contributed by atoms with Gasteiger partial charge in [-0.1, -0.05) is 42.1 Å². The molecule has 4 rings (SSSR count). The summed E-state index contributed by atoms with van der Waals surface area (Å²) in [6.45, 7) is 0. The molecule has 2 aliphatic rings. The van der Waals surface area contributed by atoms with E-state index in [2.05, 4.69) is 20.8 Å². The van der Waals surface area contributed by atoms with Gasteiger partial charge in [-0.25, -0.2) is 9.48 Å². The number of alkyl halides is 1. The first kappa shape index (κ1) is 21.7. The fourth-order valence-corrected chi connectivity index (χ4v) is 5.83. The minimum absolute atomic E-state index is 0.0487. The van der Waals surface area contributed by atoms with E-state index in [4.69, 9.17) is 11.6 Å². The van der Waals surface area contributed by atoms with Crippen LogP contribution in [0.3, 0.4) is 0 Å². The van der Waals surface area contributed by atoms with Crippen molar-refractivity contribution in [2.24, 2.45) is 7.05 Å². The van der Waals surface area contributed by atoms with E-state index in [0.717, 1.165) is 0 Å². The number of carboxylic acid groups (broad SMARTS) is 1. The number of aryl methyl sites for hydroxylation is 1. The van der Waals surface area contributed by atoms with Crippen LogP contribution in [0.2, 0.25) is 0 Å². The second kappa shape index (κ2) is 8.89. The maximum atomic E-state index is 12.8. The van der Waals surface area contributed by atoms with E-state index in [1.54, 1.807) is 31.3 Å². The smallest absolute Gasteiger partial charge is 0.352 e. The zero-order valence-corrected chi connectivity index (χ0v) is 18.5. The number of amides is 2. The summed E-state index contributed by atoms with van der Waals surface area (Å²) in [5, 5.41) is 22.7. The monoisotopic (exact) mass is 480 g/mol. The van der Waals surface area contributed by atoms with Crippen molar-refractivity contribution < 1.29 is 19.5 Å². The van der Waals surface area contributed by atoms with Crippen LogP contribution in [0.5, 0.6) is 0 Å². The molecule has 0 saturated carbocycles. The zero-order chi connectivity index (χ0) is 22.1. The maximum absolute atomic E-state index is 12.8. The van der Waals surface area contributed by atoms with E-state index in [-0.39, 0.29) is 5.70 Å². The van der Waals surface area contributed by atoms with Gasteiger partial charge in [-0.3, -0.25) is 14.5 Å². The number of tetrazole rings is 1. The summed E-state index contributed by atoms with van der Waals surface area (Å²) in [5.41, 5.74) is 1.16. The van der Waals surface area contributed by atoms with Crippen molar-refractivity contribution in [3.8, 4) is 0 Å². The Labute approximate surface area is 190 Å². The number of β-lactam (4-membered cyclic amide) rings is 1. The average Bonchev–Trinajstić information content (AvgIpc) is 3.19. The van der Waals surface area contributed by atoms with Gasteiger partial charge in [-0.15, -0.1) is 28.5 Å². The summed E-state index contributed by atoms with van der Waals surface area (Å²) < 4.78 is 1.49. The van der Waals surface area contributed by atoms with Crippen LogP contribution in [0.25, 0.3) is 0 Å².